The fraction of sp³-hybridized carbons (Fsp3) is 0.446. The average Bonchev–Trinajstić information content (AvgIpc) is 1.57. The van der Waals surface area contributed by atoms with Crippen molar-refractivity contribution in [3.63, 3.8) is 0 Å². The number of fused-ring (bicyclic) bond motifs is 9. The van der Waals surface area contributed by atoms with Gasteiger partial charge < -0.3 is 9.47 Å². The molecule has 2 heterocycles. The van der Waals surface area contributed by atoms with Gasteiger partial charge in [-0.2, -0.15) is 0 Å². The molecule has 0 amide bonds. The molecule has 0 saturated carbocycles. The van der Waals surface area contributed by atoms with Crippen LogP contribution in [0.3, 0.4) is 0 Å². The summed E-state index contributed by atoms with van der Waals surface area (Å²) in [6.07, 6.45) is 43.1. The molecule has 10 aromatic rings. The first-order valence-electron chi connectivity index (χ1n) is 42.0. The Labute approximate surface area is 642 Å². The first-order chi connectivity index (χ1) is 51.7. The highest BCUT2D eigenvalue weighted by molar-refractivity contribution is 7.19. The van der Waals surface area contributed by atoms with E-state index < -0.39 is 0 Å². The van der Waals surface area contributed by atoms with E-state index in [2.05, 4.69) is 224 Å². The summed E-state index contributed by atoms with van der Waals surface area (Å²) in [4.78, 5) is 5.28. The molecule has 550 valence electrons. The Kier molecular flexibility index (Phi) is 26.1. The first-order valence-corrected chi connectivity index (χ1v) is 43.7. The van der Waals surface area contributed by atoms with E-state index in [0.717, 1.165) is 11.5 Å². The number of unbranched alkanes of at least 4 members (excludes halogenated alkanes) is 22. The third-order valence-electron chi connectivity index (χ3n) is 25.0. The summed E-state index contributed by atoms with van der Waals surface area (Å²) in [6, 6.07) is 73.2. The molecule has 3 aliphatic rings. The van der Waals surface area contributed by atoms with Crippen LogP contribution in [0.25, 0.3) is 97.4 Å². The lowest BCUT2D eigenvalue weighted by Crippen LogP contribution is -2.26. The van der Waals surface area contributed by atoms with Crippen LogP contribution in [-0.2, 0) is 16.2 Å². The lowest BCUT2D eigenvalue weighted by molar-refractivity contribution is 0.398. The fourth-order valence-corrected chi connectivity index (χ4v) is 21.2. The number of hydrogen-bond donors (Lipinski definition) is 0. The van der Waals surface area contributed by atoms with E-state index in [1.54, 1.807) is 47.6 Å². The van der Waals surface area contributed by atoms with Crippen molar-refractivity contribution in [2.24, 2.45) is 0 Å². The molecule has 2 nitrogen and oxygen atoms in total. The van der Waals surface area contributed by atoms with Crippen LogP contribution >= 0.6 is 22.7 Å². The molecule has 0 bridgehead atoms. The molecular weight excluding hydrogens is 1310 g/mol. The molecule has 13 rings (SSSR count). The Bertz CT molecular complexity index is 4150. The van der Waals surface area contributed by atoms with Gasteiger partial charge in [-0.1, -0.05) is 294 Å². The summed E-state index contributed by atoms with van der Waals surface area (Å²) in [5, 5.41) is 0. The Morgan fingerprint density at radius 2 is 0.400 bits per heavy atom. The number of methoxy groups -OCH3 is 2. The van der Waals surface area contributed by atoms with E-state index in [1.807, 2.05) is 22.7 Å². The van der Waals surface area contributed by atoms with Crippen LogP contribution in [0.15, 0.2) is 182 Å². The molecular formula is C101H122O2S2. The van der Waals surface area contributed by atoms with Gasteiger partial charge in [0.05, 0.1) is 14.2 Å². The lowest BCUT2D eigenvalue weighted by atomic mass is 9.69. The van der Waals surface area contributed by atoms with E-state index in [-0.39, 0.29) is 16.2 Å². The van der Waals surface area contributed by atoms with Crippen LogP contribution in [0.2, 0.25) is 0 Å². The van der Waals surface area contributed by atoms with Crippen LogP contribution in [0.4, 0.5) is 0 Å². The molecule has 0 unspecified atom stereocenters. The van der Waals surface area contributed by atoms with Crippen molar-refractivity contribution < 1.29 is 9.47 Å². The summed E-state index contributed by atoms with van der Waals surface area (Å²) < 4.78 is 11.1. The van der Waals surface area contributed by atoms with Crippen LogP contribution in [0.1, 0.15) is 293 Å². The average molecular weight is 1430 g/mol. The second-order valence-electron chi connectivity index (χ2n) is 31.9. The highest BCUT2D eigenvalue weighted by Crippen LogP contribution is 2.61. The lowest BCUT2D eigenvalue weighted by Gasteiger charge is -2.34. The molecule has 0 N–H and O–H groups in total. The minimum absolute atomic E-state index is 0.0581. The van der Waals surface area contributed by atoms with Crippen LogP contribution in [0.5, 0.6) is 11.5 Å². The zero-order valence-electron chi connectivity index (χ0n) is 65.5. The van der Waals surface area contributed by atoms with E-state index in [9.17, 15) is 0 Å². The Hall–Kier alpha value is -7.24. The van der Waals surface area contributed by atoms with Gasteiger partial charge in [0.25, 0.3) is 0 Å². The van der Waals surface area contributed by atoms with Crippen molar-refractivity contribution in [1.82, 2.24) is 0 Å². The number of rotatable bonds is 42. The zero-order chi connectivity index (χ0) is 72.6. The van der Waals surface area contributed by atoms with Gasteiger partial charge in [0.1, 0.15) is 11.5 Å². The molecule has 0 radical (unpaired) electrons. The monoisotopic (exact) mass is 1430 g/mol. The van der Waals surface area contributed by atoms with E-state index in [0.29, 0.717) is 0 Å². The minimum atomic E-state index is -0.0897. The maximum Gasteiger partial charge on any atom is 0.118 e. The zero-order valence-corrected chi connectivity index (χ0v) is 67.1. The molecule has 8 aromatic carbocycles. The standard InChI is InChI=1S/C101H122O2S2/c1-9-15-21-27-29-35-65-99(66-36-30-28-22-16-10-2)89-67-75(77-43-53-85-87-55-45-79(97-59-57-95(104-97)73-37-47-81(102-7)48-38-73)71-93(87)100(91(85)69-77,61-31-23-17-11-3)62-32-24-18-12-4)41-51-83(89)84-52-42-76(68-90(84)99)78-44-54-86-88-56-46-80(98-60-58-96(105-98)74-39-49-82(103-8)50-40-74)72-94(88)101(92(86)70-78,63-33-25-19-13-5)64-34-26-20-14-6/h37-60,67-72H,9-36,61-66H2,1-8H3. The predicted octanol–water partition coefficient (Wildman–Crippen LogP) is 32.0. The van der Waals surface area contributed by atoms with Crippen LogP contribution in [-0.4, -0.2) is 14.2 Å². The largest absolute Gasteiger partial charge is 0.497 e. The second-order valence-corrected chi connectivity index (χ2v) is 34.0. The molecule has 4 heteroatoms. The summed E-state index contributed by atoms with van der Waals surface area (Å²) in [5.74, 6) is 1.79. The molecule has 0 atom stereocenters. The number of ether oxygens (including phenoxy) is 2. The van der Waals surface area contributed by atoms with Gasteiger partial charge in [-0.3, -0.25) is 0 Å². The summed E-state index contributed by atoms with van der Waals surface area (Å²) in [6.45, 7) is 14.2. The van der Waals surface area contributed by atoms with E-state index in [1.165, 1.54) is 316 Å². The number of thiophene rings is 2. The highest BCUT2D eigenvalue weighted by atomic mass is 32.1. The van der Waals surface area contributed by atoms with Crippen molar-refractivity contribution >= 4 is 22.7 Å². The summed E-state index contributed by atoms with van der Waals surface area (Å²) in [5.41, 5.74) is 28.8. The number of hydrogen-bond acceptors (Lipinski definition) is 4. The molecule has 0 aliphatic heterocycles. The van der Waals surface area contributed by atoms with Gasteiger partial charge in [0.2, 0.25) is 0 Å². The predicted molar refractivity (Wildman–Crippen MR) is 458 cm³/mol. The summed E-state index contributed by atoms with van der Waals surface area (Å²) >= 11 is 3.84. The van der Waals surface area contributed by atoms with Crippen molar-refractivity contribution in [3.8, 4) is 109 Å². The van der Waals surface area contributed by atoms with Crippen molar-refractivity contribution in [2.45, 2.75) is 276 Å². The summed E-state index contributed by atoms with van der Waals surface area (Å²) in [7, 11) is 3.50. The first kappa shape index (κ1) is 76.0. The quantitative estimate of drug-likeness (QED) is 0.0355. The normalized spacial score (nSPS) is 13.9. The van der Waals surface area contributed by atoms with Crippen LogP contribution in [0, 0.1) is 0 Å². The van der Waals surface area contributed by atoms with Gasteiger partial charge in [0, 0.05) is 35.8 Å². The maximum atomic E-state index is 5.55. The second kappa shape index (κ2) is 36.1. The van der Waals surface area contributed by atoms with E-state index >= 15 is 0 Å². The Morgan fingerprint density at radius 1 is 0.210 bits per heavy atom. The Morgan fingerprint density at radius 3 is 0.638 bits per heavy atom. The van der Waals surface area contributed by atoms with Gasteiger partial charge in [0.15, 0.2) is 0 Å². The smallest absolute Gasteiger partial charge is 0.118 e. The van der Waals surface area contributed by atoms with Gasteiger partial charge in [-0.15, -0.1) is 22.7 Å². The topological polar surface area (TPSA) is 18.5 Å². The van der Waals surface area contributed by atoms with Crippen molar-refractivity contribution in [2.75, 3.05) is 14.2 Å². The van der Waals surface area contributed by atoms with Crippen molar-refractivity contribution in [1.29, 1.82) is 0 Å². The van der Waals surface area contributed by atoms with E-state index in [4.69, 9.17) is 9.47 Å². The molecule has 3 aliphatic carbocycles. The molecule has 0 spiro atoms. The highest BCUT2D eigenvalue weighted by Gasteiger charge is 2.46. The van der Waals surface area contributed by atoms with Gasteiger partial charge >= 0.3 is 0 Å². The number of benzene rings is 8. The molecule has 0 fully saturated rings. The van der Waals surface area contributed by atoms with Gasteiger partial charge in [-0.05, 0) is 259 Å². The fourth-order valence-electron chi connectivity index (χ4n) is 19.1. The van der Waals surface area contributed by atoms with Gasteiger partial charge in [-0.25, -0.2) is 0 Å². The molecule has 2 aromatic heterocycles. The molecule has 0 saturated heterocycles. The third kappa shape index (κ3) is 16.3. The molecule has 105 heavy (non-hydrogen) atoms. The minimum Gasteiger partial charge on any atom is -0.497 e. The SMILES string of the molecule is CCCCCCCCC1(CCCCCCCC)c2cc(-c3ccc4c(c3)C(CCCCCC)(CCCCCC)c3cc(-c5ccc(-c6ccc(OC)cc6)s5)ccc3-4)ccc2-c2ccc(-c3ccc4c(c3)C(CCCCCC)(CCCCCC)c3cc(-c5ccc(-c6ccc(OC)cc6)s5)ccc3-4)cc21. The Balaban J connectivity index is 0.909. The van der Waals surface area contributed by atoms with Crippen molar-refractivity contribution in [3.05, 3.63) is 215 Å². The maximum absolute atomic E-state index is 5.55. The van der Waals surface area contributed by atoms with Crippen LogP contribution < -0.4 is 9.47 Å². The third-order valence-corrected chi connectivity index (χ3v) is 27.4.